The minimum absolute atomic E-state index is 0.403. The summed E-state index contributed by atoms with van der Waals surface area (Å²) in [6.07, 6.45) is 2.25. The van der Waals surface area contributed by atoms with E-state index in [0.29, 0.717) is 18.4 Å². The predicted octanol–water partition coefficient (Wildman–Crippen LogP) is 0.718. The molecule has 0 spiro atoms. The van der Waals surface area contributed by atoms with Crippen molar-refractivity contribution in [1.82, 2.24) is 40.4 Å². The molecule has 9 nitrogen and oxygen atoms in total. The molecule has 9 heteroatoms. The Hall–Kier alpha value is -2.84. The van der Waals surface area contributed by atoms with Gasteiger partial charge in [-0.3, -0.25) is 0 Å². The van der Waals surface area contributed by atoms with Gasteiger partial charge in [-0.05, 0) is 40.6 Å². The second-order valence-electron chi connectivity index (χ2n) is 5.15. The maximum absolute atomic E-state index is 5.20. The Morgan fingerprint density at radius 2 is 2.14 bits per heavy atom. The summed E-state index contributed by atoms with van der Waals surface area (Å²) in [4.78, 5) is 1.50. The van der Waals surface area contributed by atoms with Crippen LogP contribution in [0.3, 0.4) is 0 Å². The van der Waals surface area contributed by atoms with Crippen LogP contribution in [0.25, 0.3) is 11.4 Å². The second-order valence-corrected chi connectivity index (χ2v) is 5.15. The molecule has 0 aliphatic heterocycles. The third-order valence-corrected chi connectivity index (χ3v) is 3.52. The second kappa shape index (κ2) is 5.17. The first-order chi connectivity index (χ1) is 10.8. The summed E-state index contributed by atoms with van der Waals surface area (Å²) in [5.74, 6) is 2.05. The molecule has 22 heavy (non-hydrogen) atoms. The monoisotopic (exact) mass is 298 g/mol. The zero-order valence-electron chi connectivity index (χ0n) is 12.0. The molecule has 1 aliphatic carbocycles. The summed E-state index contributed by atoms with van der Waals surface area (Å²) in [6.45, 7) is 0.403. The molecule has 1 fully saturated rings. The highest BCUT2D eigenvalue weighted by atomic mass is 16.5. The van der Waals surface area contributed by atoms with Crippen LogP contribution in [0.5, 0.6) is 5.75 Å². The van der Waals surface area contributed by atoms with Crippen LogP contribution in [0.15, 0.2) is 24.3 Å². The van der Waals surface area contributed by atoms with E-state index in [2.05, 4.69) is 30.9 Å². The van der Waals surface area contributed by atoms with E-state index < -0.39 is 0 Å². The van der Waals surface area contributed by atoms with Gasteiger partial charge in [-0.25, -0.2) is 4.68 Å². The minimum atomic E-state index is 0.403. The SMILES string of the molecule is COc1cccc(-c2nnn(Cc3nnnn3C3CC3)n2)c1. The van der Waals surface area contributed by atoms with Gasteiger partial charge in [-0.15, -0.1) is 15.3 Å². The summed E-state index contributed by atoms with van der Waals surface area (Å²) in [5, 5.41) is 24.3. The molecule has 4 rings (SSSR count). The normalized spacial score (nSPS) is 14.2. The van der Waals surface area contributed by atoms with Crippen LogP contribution in [0.2, 0.25) is 0 Å². The molecule has 1 saturated carbocycles. The molecule has 0 bridgehead atoms. The van der Waals surface area contributed by atoms with Gasteiger partial charge < -0.3 is 4.74 Å². The number of hydrogen-bond acceptors (Lipinski definition) is 7. The highest BCUT2D eigenvalue weighted by Gasteiger charge is 2.28. The van der Waals surface area contributed by atoms with Crippen molar-refractivity contribution < 1.29 is 4.74 Å². The van der Waals surface area contributed by atoms with Crippen LogP contribution < -0.4 is 4.74 Å². The van der Waals surface area contributed by atoms with Crippen LogP contribution in [0.4, 0.5) is 0 Å². The van der Waals surface area contributed by atoms with Crippen LogP contribution >= 0.6 is 0 Å². The number of benzene rings is 1. The first kappa shape index (κ1) is 12.9. The maximum Gasteiger partial charge on any atom is 0.205 e. The Morgan fingerprint density at radius 3 is 2.95 bits per heavy atom. The summed E-state index contributed by atoms with van der Waals surface area (Å²) in [6, 6.07) is 7.97. The van der Waals surface area contributed by atoms with Crippen molar-refractivity contribution in [2.45, 2.75) is 25.4 Å². The summed E-state index contributed by atoms with van der Waals surface area (Å²) in [5.41, 5.74) is 0.854. The Bertz CT molecular complexity index is 791. The van der Waals surface area contributed by atoms with Crippen LogP contribution in [-0.2, 0) is 6.54 Å². The molecule has 0 unspecified atom stereocenters. The predicted molar refractivity (Wildman–Crippen MR) is 75.0 cm³/mol. The number of hydrogen-bond donors (Lipinski definition) is 0. The van der Waals surface area contributed by atoms with E-state index in [1.54, 1.807) is 7.11 Å². The number of ether oxygens (including phenoxy) is 1. The Balaban J connectivity index is 1.57. The van der Waals surface area contributed by atoms with Gasteiger partial charge in [-0.1, -0.05) is 12.1 Å². The van der Waals surface area contributed by atoms with Gasteiger partial charge in [0.25, 0.3) is 0 Å². The average molecular weight is 298 g/mol. The third kappa shape index (κ3) is 2.41. The summed E-state index contributed by atoms with van der Waals surface area (Å²) in [7, 11) is 1.63. The largest absolute Gasteiger partial charge is 0.497 e. The molecule has 1 aliphatic rings. The van der Waals surface area contributed by atoms with E-state index in [-0.39, 0.29) is 0 Å². The molecule has 3 aromatic rings. The fourth-order valence-electron chi connectivity index (χ4n) is 2.23. The lowest BCUT2D eigenvalue weighted by molar-refractivity contribution is 0.415. The Kier molecular flexibility index (Phi) is 3.02. The molecule has 0 radical (unpaired) electrons. The van der Waals surface area contributed by atoms with Gasteiger partial charge >= 0.3 is 0 Å². The quantitative estimate of drug-likeness (QED) is 0.684. The minimum Gasteiger partial charge on any atom is -0.497 e. The fraction of sp³-hybridized carbons (Fsp3) is 0.385. The first-order valence-electron chi connectivity index (χ1n) is 7.02. The highest BCUT2D eigenvalue weighted by molar-refractivity contribution is 5.56. The molecule has 2 heterocycles. The lowest BCUT2D eigenvalue weighted by atomic mass is 10.2. The van der Waals surface area contributed by atoms with E-state index in [0.717, 1.165) is 30.0 Å². The molecule has 1 aromatic carbocycles. The van der Waals surface area contributed by atoms with E-state index >= 15 is 0 Å². The zero-order valence-corrected chi connectivity index (χ0v) is 12.0. The highest BCUT2D eigenvalue weighted by Crippen LogP contribution is 2.34. The topological polar surface area (TPSA) is 96.4 Å². The molecular weight excluding hydrogens is 284 g/mol. The number of tetrazole rings is 2. The smallest absolute Gasteiger partial charge is 0.205 e. The summed E-state index contributed by atoms with van der Waals surface area (Å²) < 4.78 is 7.05. The van der Waals surface area contributed by atoms with Gasteiger partial charge in [-0.2, -0.15) is 4.80 Å². The first-order valence-corrected chi connectivity index (χ1v) is 7.02. The molecule has 0 atom stereocenters. The third-order valence-electron chi connectivity index (χ3n) is 3.52. The van der Waals surface area contributed by atoms with Gasteiger partial charge in [0.2, 0.25) is 5.82 Å². The molecular formula is C13H14N8O. The molecule has 2 aromatic heterocycles. The van der Waals surface area contributed by atoms with Crippen molar-refractivity contribution >= 4 is 0 Å². The number of rotatable bonds is 5. The van der Waals surface area contributed by atoms with Crippen molar-refractivity contribution in [2.75, 3.05) is 7.11 Å². The van der Waals surface area contributed by atoms with Gasteiger partial charge in [0, 0.05) is 5.56 Å². The van der Waals surface area contributed by atoms with E-state index in [1.807, 2.05) is 28.9 Å². The van der Waals surface area contributed by atoms with Crippen LogP contribution in [0.1, 0.15) is 24.7 Å². The van der Waals surface area contributed by atoms with E-state index in [1.165, 1.54) is 4.80 Å². The average Bonchev–Trinajstić information content (AvgIpc) is 3.11. The lowest BCUT2D eigenvalue weighted by Crippen LogP contribution is -2.11. The van der Waals surface area contributed by atoms with Gasteiger partial charge in [0.1, 0.15) is 12.3 Å². The van der Waals surface area contributed by atoms with Crippen molar-refractivity contribution in [2.24, 2.45) is 0 Å². The van der Waals surface area contributed by atoms with Gasteiger partial charge in [0.05, 0.1) is 13.2 Å². The lowest BCUT2D eigenvalue weighted by Gasteiger charge is -2.01. The van der Waals surface area contributed by atoms with Crippen LogP contribution in [0, 0.1) is 0 Å². The molecule has 112 valence electrons. The number of nitrogens with zero attached hydrogens (tertiary/aromatic N) is 8. The Labute approximate surface area is 125 Å². The van der Waals surface area contributed by atoms with Crippen molar-refractivity contribution in [3.8, 4) is 17.1 Å². The van der Waals surface area contributed by atoms with Crippen LogP contribution in [-0.4, -0.2) is 47.5 Å². The molecule has 0 amide bonds. The van der Waals surface area contributed by atoms with E-state index in [4.69, 9.17) is 4.74 Å². The van der Waals surface area contributed by atoms with Crippen molar-refractivity contribution in [3.05, 3.63) is 30.1 Å². The number of methoxy groups -OCH3 is 1. The van der Waals surface area contributed by atoms with E-state index in [9.17, 15) is 0 Å². The van der Waals surface area contributed by atoms with Crippen molar-refractivity contribution in [1.29, 1.82) is 0 Å². The number of aromatic nitrogens is 8. The van der Waals surface area contributed by atoms with Crippen molar-refractivity contribution in [3.63, 3.8) is 0 Å². The molecule has 0 N–H and O–H groups in total. The zero-order chi connectivity index (χ0) is 14.9. The maximum atomic E-state index is 5.20. The summed E-state index contributed by atoms with van der Waals surface area (Å²) >= 11 is 0. The fourth-order valence-corrected chi connectivity index (χ4v) is 2.23. The Morgan fingerprint density at radius 1 is 1.23 bits per heavy atom. The van der Waals surface area contributed by atoms with Gasteiger partial charge in [0.15, 0.2) is 5.82 Å². The standard InChI is InChI=1S/C13H14N8O/c1-22-11-4-2-3-9(7-11)13-15-18-20(16-13)8-12-14-17-19-21(12)10-5-6-10/h2-4,7,10H,5-6,8H2,1H3. The molecule has 0 saturated heterocycles.